The molecule has 6 aromatic carbocycles. The van der Waals surface area contributed by atoms with Gasteiger partial charge in [-0.25, -0.2) is 13.3 Å². The van der Waals surface area contributed by atoms with Gasteiger partial charge in [-0.15, -0.1) is 0 Å². The Hall–Kier alpha value is -7.30. The van der Waals surface area contributed by atoms with Crippen LogP contribution in [0.2, 0.25) is 5.02 Å². The predicted octanol–water partition coefficient (Wildman–Crippen LogP) is 11.8. The number of pyridine rings is 1. The first-order valence-corrected chi connectivity index (χ1v) is 22.9. The van der Waals surface area contributed by atoms with Gasteiger partial charge >= 0.3 is 0 Å². The van der Waals surface area contributed by atoms with E-state index >= 15 is 0 Å². The third-order valence-electron chi connectivity index (χ3n) is 11.6. The SMILES string of the molecule is [C-]#[N+]c1cc2c(-c3cncc(N(Cc4ccc(OC)cc4)Cc4ccc(OC)cc4)c3Cl)cn(-c3ccc(S(=O)(=O)N(Cc4ccc(OC)cc4)Cc4ccc(OC)cc4)cc3)c2cc1C. The molecule has 0 fully saturated rings. The summed E-state index contributed by atoms with van der Waals surface area (Å²) in [5.41, 5.74) is 8.75. The highest BCUT2D eigenvalue weighted by Gasteiger charge is 2.26. The number of anilines is 1. The second-order valence-electron chi connectivity index (χ2n) is 15.7. The number of fused-ring (bicyclic) bond motifs is 1. The maximum atomic E-state index is 14.6. The molecule has 2 aromatic heterocycles. The Morgan fingerprint density at radius 3 is 1.52 bits per heavy atom. The van der Waals surface area contributed by atoms with Crippen LogP contribution in [0.15, 0.2) is 157 Å². The molecule has 2 heterocycles. The molecule has 0 atom stereocenters. The Kier molecular flexibility index (Phi) is 13.6. The van der Waals surface area contributed by atoms with E-state index in [-0.39, 0.29) is 18.0 Å². The van der Waals surface area contributed by atoms with Gasteiger partial charge in [-0.05, 0) is 125 Å². The lowest BCUT2D eigenvalue weighted by molar-refractivity contribution is 0.397. The molecule has 334 valence electrons. The number of rotatable bonds is 17. The van der Waals surface area contributed by atoms with Gasteiger partial charge in [0.05, 0.1) is 62.3 Å². The van der Waals surface area contributed by atoms with Crippen molar-refractivity contribution >= 4 is 43.9 Å². The van der Waals surface area contributed by atoms with Crippen molar-refractivity contribution < 1.29 is 27.4 Å². The van der Waals surface area contributed by atoms with E-state index < -0.39 is 10.0 Å². The molecule has 0 amide bonds. The number of aromatic nitrogens is 2. The van der Waals surface area contributed by atoms with Gasteiger partial charge in [0.15, 0.2) is 5.69 Å². The van der Waals surface area contributed by atoms with Gasteiger partial charge < -0.3 is 28.4 Å². The molecule has 0 N–H and O–H groups in total. The third-order valence-corrected chi connectivity index (χ3v) is 13.8. The lowest BCUT2D eigenvalue weighted by Crippen LogP contribution is -2.30. The fourth-order valence-corrected chi connectivity index (χ4v) is 9.64. The van der Waals surface area contributed by atoms with Crippen molar-refractivity contribution in [2.75, 3.05) is 33.3 Å². The highest BCUT2D eigenvalue weighted by atomic mass is 35.5. The molecule has 66 heavy (non-hydrogen) atoms. The molecule has 0 saturated carbocycles. The zero-order valence-corrected chi connectivity index (χ0v) is 38.8. The summed E-state index contributed by atoms with van der Waals surface area (Å²) in [5.74, 6) is 2.89. The molecule has 0 aliphatic carbocycles. The van der Waals surface area contributed by atoms with Crippen molar-refractivity contribution in [3.8, 4) is 39.8 Å². The maximum Gasteiger partial charge on any atom is 0.243 e. The standard InChI is InChI=1S/C53H48ClN5O6S/c1-36-27-51-47(28-50(36)55-2)49(48-29-56-30-52(53(48)54)57(31-37-7-17-42(62-3)18-8-37)32-38-9-19-43(63-4)20-10-38)35-59(51)41-15-25-46(26-16-41)66(60,61)58(33-39-11-21-44(64-5)22-12-39)34-40-13-23-45(65-6)24-14-40/h7-30,35H,31-34H2,1,3-6H3. The van der Waals surface area contributed by atoms with Crippen molar-refractivity contribution in [3.63, 3.8) is 0 Å². The fraction of sp³-hybridized carbons (Fsp3) is 0.170. The first-order chi connectivity index (χ1) is 32.0. The van der Waals surface area contributed by atoms with E-state index in [9.17, 15) is 8.42 Å². The minimum Gasteiger partial charge on any atom is -0.497 e. The van der Waals surface area contributed by atoms with E-state index in [1.54, 1.807) is 65.1 Å². The number of sulfonamides is 1. The quantitative estimate of drug-likeness (QED) is 0.0833. The number of benzene rings is 6. The lowest BCUT2D eigenvalue weighted by Gasteiger charge is -2.27. The lowest BCUT2D eigenvalue weighted by atomic mass is 10.0. The number of ether oxygens (including phenoxy) is 4. The van der Waals surface area contributed by atoms with E-state index in [2.05, 4.69) is 9.74 Å². The maximum absolute atomic E-state index is 14.6. The molecule has 0 saturated heterocycles. The summed E-state index contributed by atoms with van der Waals surface area (Å²) in [6.07, 6.45) is 5.50. The molecule has 8 rings (SSSR count). The van der Waals surface area contributed by atoms with E-state index in [1.165, 1.54) is 4.31 Å². The Morgan fingerprint density at radius 2 is 1.08 bits per heavy atom. The average molecular weight is 919 g/mol. The summed E-state index contributed by atoms with van der Waals surface area (Å²) in [6.45, 7) is 11.2. The zero-order valence-electron chi connectivity index (χ0n) is 37.2. The number of halogens is 1. The van der Waals surface area contributed by atoms with E-state index in [4.69, 9.17) is 42.1 Å². The normalized spacial score (nSPS) is 11.4. The molecule has 13 heteroatoms. The summed E-state index contributed by atoms with van der Waals surface area (Å²) < 4.78 is 54.1. The largest absolute Gasteiger partial charge is 0.497 e. The molecule has 0 bridgehead atoms. The molecule has 0 spiro atoms. The summed E-state index contributed by atoms with van der Waals surface area (Å²) in [4.78, 5) is 10.9. The summed E-state index contributed by atoms with van der Waals surface area (Å²) in [5, 5.41) is 1.29. The van der Waals surface area contributed by atoms with Crippen LogP contribution < -0.4 is 23.8 Å². The smallest absolute Gasteiger partial charge is 0.243 e. The highest BCUT2D eigenvalue weighted by molar-refractivity contribution is 7.89. The third kappa shape index (κ3) is 9.70. The van der Waals surface area contributed by atoms with Crippen molar-refractivity contribution in [2.24, 2.45) is 0 Å². The van der Waals surface area contributed by atoms with Crippen molar-refractivity contribution in [2.45, 2.75) is 38.0 Å². The highest BCUT2D eigenvalue weighted by Crippen LogP contribution is 2.42. The van der Waals surface area contributed by atoms with E-state index in [0.717, 1.165) is 67.2 Å². The minimum atomic E-state index is -4.01. The van der Waals surface area contributed by atoms with Crippen LogP contribution in [0.5, 0.6) is 23.0 Å². The Balaban J connectivity index is 1.17. The number of nitrogens with zero attached hydrogens (tertiary/aromatic N) is 5. The fourth-order valence-electron chi connectivity index (χ4n) is 7.91. The summed E-state index contributed by atoms with van der Waals surface area (Å²) in [7, 11) is 2.47. The summed E-state index contributed by atoms with van der Waals surface area (Å²) in [6, 6.07) is 41.4. The molecule has 0 unspecified atom stereocenters. The average Bonchev–Trinajstić information content (AvgIpc) is 3.71. The Bertz CT molecular complexity index is 3020. The minimum absolute atomic E-state index is 0.139. The monoisotopic (exact) mass is 917 g/mol. The van der Waals surface area contributed by atoms with Crippen LogP contribution in [0, 0.1) is 13.5 Å². The zero-order chi connectivity index (χ0) is 46.4. The predicted molar refractivity (Wildman–Crippen MR) is 261 cm³/mol. The second kappa shape index (κ2) is 19.8. The van der Waals surface area contributed by atoms with Crippen LogP contribution in [0.25, 0.3) is 32.6 Å². The van der Waals surface area contributed by atoms with E-state index in [0.29, 0.717) is 40.9 Å². The van der Waals surface area contributed by atoms with E-state index in [1.807, 2.05) is 127 Å². The van der Waals surface area contributed by atoms with Crippen LogP contribution in [0.4, 0.5) is 11.4 Å². The van der Waals surface area contributed by atoms with Crippen LogP contribution in [-0.4, -0.2) is 50.7 Å². The molecule has 11 nitrogen and oxygen atoms in total. The van der Waals surface area contributed by atoms with Gasteiger partial charge in [0.2, 0.25) is 10.0 Å². The van der Waals surface area contributed by atoms with Gasteiger partial charge in [-0.3, -0.25) is 4.98 Å². The molecule has 0 aliphatic heterocycles. The molecule has 0 aliphatic rings. The van der Waals surface area contributed by atoms with Gasteiger partial charge in [-0.1, -0.05) is 60.1 Å². The topological polar surface area (TPSA) is 99.7 Å². The number of methoxy groups -OCH3 is 4. The number of aryl methyl sites for hydroxylation is 1. The number of hydrogen-bond acceptors (Lipinski definition) is 8. The van der Waals surface area contributed by atoms with Gasteiger partial charge in [0.25, 0.3) is 0 Å². The second-order valence-corrected chi connectivity index (χ2v) is 18.0. The van der Waals surface area contributed by atoms with Crippen molar-refractivity contribution in [3.05, 3.63) is 196 Å². The van der Waals surface area contributed by atoms with Gasteiger partial charge in [0, 0.05) is 55.4 Å². The van der Waals surface area contributed by atoms with Crippen LogP contribution in [0.3, 0.4) is 0 Å². The van der Waals surface area contributed by atoms with Crippen LogP contribution >= 0.6 is 11.6 Å². The molecule has 0 radical (unpaired) electrons. The van der Waals surface area contributed by atoms with Crippen LogP contribution in [-0.2, 0) is 36.2 Å². The Labute approximate surface area is 390 Å². The Morgan fingerprint density at radius 1 is 0.621 bits per heavy atom. The molecular formula is C53H48ClN5O6S. The van der Waals surface area contributed by atoms with Gasteiger partial charge in [-0.2, -0.15) is 4.31 Å². The number of hydrogen-bond donors (Lipinski definition) is 0. The molecular weight excluding hydrogens is 870 g/mol. The van der Waals surface area contributed by atoms with Crippen molar-refractivity contribution in [1.82, 2.24) is 13.9 Å². The molecule has 8 aromatic rings. The first kappa shape index (κ1) is 45.3. The van der Waals surface area contributed by atoms with Gasteiger partial charge in [0.1, 0.15) is 23.0 Å². The first-order valence-electron chi connectivity index (χ1n) is 21.1. The van der Waals surface area contributed by atoms with Crippen molar-refractivity contribution in [1.29, 1.82) is 0 Å². The summed E-state index contributed by atoms with van der Waals surface area (Å²) >= 11 is 7.50. The van der Waals surface area contributed by atoms with Crippen LogP contribution in [0.1, 0.15) is 27.8 Å².